The zero-order chi connectivity index (χ0) is 22.7. The largest absolute Gasteiger partial charge is 0.418 e. The fraction of sp³-hybridized carbons (Fsp3) is 0.391. The van der Waals surface area contributed by atoms with Crippen molar-refractivity contribution in [3.8, 4) is 0 Å². The molecule has 2 aromatic rings. The number of alkyl halides is 3. The molecule has 1 heterocycles. The molecule has 170 valence electrons. The molecule has 0 spiro atoms. The fourth-order valence-electron chi connectivity index (χ4n) is 3.95. The molecule has 9 heteroatoms. The van der Waals surface area contributed by atoms with Crippen molar-refractivity contribution >= 4 is 35.0 Å². The van der Waals surface area contributed by atoms with Gasteiger partial charge in [0.15, 0.2) is 0 Å². The van der Waals surface area contributed by atoms with Crippen molar-refractivity contribution in [3.63, 3.8) is 0 Å². The van der Waals surface area contributed by atoms with Crippen LogP contribution < -0.4 is 10.6 Å². The Bertz CT molecular complexity index is 1020. The van der Waals surface area contributed by atoms with Crippen molar-refractivity contribution in [1.29, 1.82) is 0 Å². The summed E-state index contributed by atoms with van der Waals surface area (Å²) in [6.45, 7) is 0.459. The minimum Gasteiger partial charge on any atom is -0.368 e. The third kappa shape index (κ3) is 5.45. The molecule has 1 atom stereocenters. The monoisotopic (exact) mass is 464 g/mol. The standard InChI is InChI=1S/C23H23F3N2O3S/c24-23(25,26)18-12-16(27-22(30)20-5-2-10-31-20)7-9-19(18)28-21(29)13-32-17-8-6-14-3-1-4-15(14)11-17/h6-9,11-12,20H,1-5,10,13H2,(H,27,30)(H,28,29). The quantitative estimate of drug-likeness (QED) is 0.588. The van der Waals surface area contributed by atoms with Crippen LogP contribution in [0.25, 0.3) is 0 Å². The molecule has 1 aliphatic heterocycles. The third-order valence-electron chi connectivity index (χ3n) is 5.53. The summed E-state index contributed by atoms with van der Waals surface area (Å²) in [4.78, 5) is 25.4. The lowest BCUT2D eigenvalue weighted by molar-refractivity contribution is -0.137. The minimum atomic E-state index is -4.69. The number of aryl methyl sites for hydroxylation is 2. The van der Waals surface area contributed by atoms with Gasteiger partial charge in [0.05, 0.1) is 17.0 Å². The van der Waals surface area contributed by atoms with E-state index in [-0.39, 0.29) is 17.1 Å². The SMILES string of the molecule is O=C(CSc1ccc2c(c1)CCC2)Nc1ccc(NC(=O)C2CCCO2)cc1C(F)(F)F. The Labute approximate surface area is 188 Å². The predicted molar refractivity (Wildman–Crippen MR) is 117 cm³/mol. The summed E-state index contributed by atoms with van der Waals surface area (Å²) in [6.07, 6.45) is -0.880. The van der Waals surface area contributed by atoms with Crippen LogP contribution in [0.5, 0.6) is 0 Å². The van der Waals surface area contributed by atoms with Crippen LogP contribution in [0.3, 0.4) is 0 Å². The number of benzene rings is 2. The van der Waals surface area contributed by atoms with Gasteiger partial charge in [-0.05, 0) is 73.6 Å². The molecule has 1 fully saturated rings. The highest BCUT2D eigenvalue weighted by Crippen LogP contribution is 2.37. The number of halogens is 3. The van der Waals surface area contributed by atoms with E-state index in [1.54, 1.807) is 0 Å². The summed E-state index contributed by atoms with van der Waals surface area (Å²) in [5.74, 6) is -1.01. The maximum atomic E-state index is 13.6. The van der Waals surface area contributed by atoms with Gasteiger partial charge in [-0.2, -0.15) is 13.2 Å². The molecule has 32 heavy (non-hydrogen) atoms. The van der Waals surface area contributed by atoms with Crippen LogP contribution in [0.1, 0.15) is 36.0 Å². The van der Waals surface area contributed by atoms with Crippen LogP contribution in [-0.4, -0.2) is 30.3 Å². The molecule has 0 aromatic heterocycles. The lowest BCUT2D eigenvalue weighted by Crippen LogP contribution is -2.27. The van der Waals surface area contributed by atoms with Gasteiger partial charge >= 0.3 is 6.18 Å². The summed E-state index contributed by atoms with van der Waals surface area (Å²) >= 11 is 1.29. The first-order valence-electron chi connectivity index (χ1n) is 10.5. The van der Waals surface area contributed by atoms with E-state index in [4.69, 9.17) is 4.74 Å². The van der Waals surface area contributed by atoms with E-state index >= 15 is 0 Å². The van der Waals surface area contributed by atoms with Crippen LogP contribution >= 0.6 is 11.8 Å². The van der Waals surface area contributed by atoms with Gasteiger partial charge in [0.25, 0.3) is 5.91 Å². The summed E-state index contributed by atoms with van der Waals surface area (Å²) < 4.78 is 46.1. The van der Waals surface area contributed by atoms with Gasteiger partial charge in [0, 0.05) is 17.2 Å². The molecule has 1 saturated heterocycles. The number of rotatable bonds is 6. The Balaban J connectivity index is 1.41. The summed E-state index contributed by atoms with van der Waals surface area (Å²) in [5, 5.41) is 4.82. The number of nitrogens with one attached hydrogen (secondary N) is 2. The number of thioether (sulfide) groups is 1. The normalized spacial score (nSPS) is 17.8. The Kier molecular flexibility index (Phi) is 6.76. The maximum absolute atomic E-state index is 13.6. The first-order valence-corrected chi connectivity index (χ1v) is 11.5. The van der Waals surface area contributed by atoms with Crippen molar-refractivity contribution in [1.82, 2.24) is 0 Å². The van der Waals surface area contributed by atoms with E-state index in [2.05, 4.69) is 10.6 Å². The highest BCUT2D eigenvalue weighted by Gasteiger charge is 2.35. The molecule has 2 aliphatic rings. The van der Waals surface area contributed by atoms with Crippen molar-refractivity contribution in [2.75, 3.05) is 23.0 Å². The average molecular weight is 465 g/mol. The molecule has 5 nitrogen and oxygen atoms in total. The van der Waals surface area contributed by atoms with E-state index in [0.717, 1.165) is 42.7 Å². The Hall–Kier alpha value is -2.52. The van der Waals surface area contributed by atoms with E-state index in [1.165, 1.54) is 29.0 Å². The van der Waals surface area contributed by atoms with Crippen LogP contribution in [0, 0.1) is 0 Å². The lowest BCUT2D eigenvalue weighted by atomic mass is 10.1. The number of hydrogen-bond acceptors (Lipinski definition) is 4. The van der Waals surface area contributed by atoms with Gasteiger partial charge in [0.2, 0.25) is 5.91 Å². The molecule has 1 aliphatic carbocycles. The number of carbonyl (C=O) groups is 2. The van der Waals surface area contributed by atoms with Crippen molar-refractivity contribution < 1.29 is 27.5 Å². The average Bonchev–Trinajstić information content (AvgIpc) is 3.44. The van der Waals surface area contributed by atoms with Crippen molar-refractivity contribution in [2.45, 2.75) is 49.3 Å². The zero-order valence-electron chi connectivity index (χ0n) is 17.3. The minimum absolute atomic E-state index is 0.00309. The number of hydrogen-bond donors (Lipinski definition) is 2. The molecular weight excluding hydrogens is 441 g/mol. The Morgan fingerprint density at radius 1 is 1.03 bits per heavy atom. The molecule has 4 rings (SSSR count). The molecule has 2 N–H and O–H groups in total. The van der Waals surface area contributed by atoms with Crippen LogP contribution in [0.4, 0.5) is 24.5 Å². The second-order valence-electron chi connectivity index (χ2n) is 7.87. The smallest absolute Gasteiger partial charge is 0.368 e. The Morgan fingerprint density at radius 2 is 1.84 bits per heavy atom. The van der Waals surface area contributed by atoms with Gasteiger partial charge in [0.1, 0.15) is 6.10 Å². The number of anilines is 2. The summed E-state index contributed by atoms with van der Waals surface area (Å²) in [6, 6.07) is 9.36. The highest BCUT2D eigenvalue weighted by molar-refractivity contribution is 8.00. The van der Waals surface area contributed by atoms with Gasteiger partial charge in [-0.3, -0.25) is 9.59 Å². The lowest BCUT2D eigenvalue weighted by Gasteiger charge is -2.17. The number of carbonyl (C=O) groups excluding carboxylic acids is 2. The third-order valence-corrected chi connectivity index (χ3v) is 6.52. The topological polar surface area (TPSA) is 67.4 Å². The fourth-order valence-corrected chi connectivity index (χ4v) is 4.71. The molecule has 0 bridgehead atoms. The molecule has 2 amide bonds. The van der Waals surface area contributed by atoms with Gasteiger partial charge in [-0.1, -0.05) is 6.07 Å². The molecule has 1 unspecified atom stereocenters. The molecule has 0 saturated carbocycles. The van der Waals surface area contributed by atoms with Gasteiger partial charge in [-0.15, -0.1) is 11.8 Å². The van der Waals surface area contributed by atoms with Crippen LogP contribution in [0.2, 0.25) is 0 Å². The second kappa shape index (κ2) is 9.54. The van der Waals surface area contributed by atoms with Crippen molar-refractivity contribution in [3.05, 3.63) is 53.1 Å². The van der Waals surface area contributed by atoms with E-state index < -0.39 is 29.7 Å². The molecule has 0 radical (unpaired) electrons. The van der Waals surface area contributed by atoms with Gasteiger partial charge < -0.3 is 15.4 Å². The van der Waals surface area contributed by atoms with E-state index in [9.17, 15) is 22.8 Å². The molecule has 2 aromatic carbocycles. The van der Waals surface area contributed by atoms with E-state index in [1.807, 2.05) is 18.2 Å². The van der Waals surface area contributed by atoms with Crippen LogP contribution in [0.15, 0.2) is 41.3 Å². The Morgan fingerprint density at radius 3 is 2.59 bits per heavy atom. The number of amides is 2. The highest BCUT2D eigenvalue weighted by atomic mass is 32.2. The summed E-state index contributed by atoms with van der Waals surface area (Å²) in [7, 11) is 0. The predicted octanol–water partition coefficient (Wildman–Crippen LogP) is 5.04. The maximum Gasteiger partial charge on any atom is 0.418 e. The first kappa shape index (κ1) is 22.7. The van der Waals surface area contributed by atoms with Crippen LogP contribution in [-0.2, 0) is 33.3 Å². The van der Waals surface area contributed by atoms with Crippen molar-refractivity contribution in [2.24, 2.45) is 0 Å². The van der Waals surface area contributed by atoms with E-state index in [0.29, 0.717) is 13.0 Å². The molecular formula is C23H23F3N2O3S. The summed E-state index contributed by atoms with van der Waals surface area (Å²) in [5.41, 5.74) is 1.24. The number of fused-ring (bicyclic) bond motifs is 1. The first-order chi connectivity index (χ1) is 15.3. The second-order valence-corrected chi connectivity index (χ2v) is 8.92. The van der Waals surface area contributed by atoms with Gasteiger partial charge in [-0.25, -0.2) is 0 Å². The number of ether oxygens (including phenoxy) is 1. The zero-order valence-corrected chi connectivity index (χ0v) is 18.1.